The number of anilines is 1. The van der Waals surface area contributed by atoms with Crippen LogP contribution in [-0.4, -0.2) is 38.2 Å². The maximum absolute atomic E-state index is 13.0. The summed E-state index contributed by atoms with van der Waals surface area (Å²) in [7, 11) is -3.39. The van der Waals surface area contributed by atoms with E-state index in [1.54, 1.807) is 13.8 Å². The Morgan fingerprint density at radius 1 is 1.17 bits per heavy atom. The highest BCUT2D eigenvalue weighted by Gasteiger charge is 2.44. The number of rotatable bonds is 8. The Labute approximate surface area is 167 Å². The molecule has 0 radical (unpaired) electrons. The van der Waals surface area contributed by atoms with Crippen molar-refractivity contribution in [2.45, 2.75) is 63.4 Å². The quantitative estimate of drug-likeness (QED) is 0.603. The molecule has 2 N–H and O–H groups in total. The van der Waals surface area contributed by atoms with Gasteiger partial charge in [0, 0.05) is 23.7 Å². The van der Waals surface area contributed by atoms with Crippen molar-refractivity contribution in [2.24, 2.45) is 5.92 Å². The SMILES string of the molecule is CC(C)S(=O)(=O)NC1CCC(C(=O)Nc2cccc(OC(F)(F)C(F)F)c2)CC1. The molecule has 0 spiro atoms. The van der Waals surface area contributed by atoms with Crippen molar-refractivity contribution in [1.82, 2.24) is 4.72 Å². The monoisotopic (exact) mass is 440 g/mol. The lowest BCUT2D eigenvalue weighted by molar-refractivity contribution is -0.253. The van der Waals surface area contributed by atoms with Crippen LogP contribution in [0.5, 0.6) is 5.75 Å². The van der Waals surface area contributed by atoms with Gasteiger partial charge in [-0.3, -0.25) is 4.79 Å². The number of nitrogens with one attached hydrogen (secondary N) is 2. The molecular formula is C18H24F4N2O4S. The van der Waals surface area contributed by atoms with Crippen LogP contribution in [0, 0.1) is 5.92 Å². The van der Waals surface area contributed by atoms with E-state index in [0.717, 1.165) is 12.1 Å². The second kappa shape index (κ2) is 9.29. The molecule has 29 heavy (non-hydrogen) atoms. The summed E-state index contributed by atoms with van der Waals surface area (Å²) in [4.78, 5) is 12.4. The molecule has 0 aromatic heterocycles. The van der Waals surface area contributed by atoms with Crippen LogP contribution in [-0.2, 0) is 14.8 Å². The maximum atomic E-state index is 13.0. The van der Waals surface area contributed by atoms with E-state index in [4.69, 9.17) is 0 Å². The molecule has 0 heterocycles. The van der Waals surface area contributed by atoms with Crippen LogP contribution >= 0.6 is 0 Å². The Bertz CT molecular complexity index is 810. The predicted octanol–water partition coefficient (Wildman–Crippen LogP) is 3.75. The van der Waals surface area contributed by atoms with Gasteiger partial charge in [-0.15, -0.1) is 0 Å². The van der Waals surface area contributed by atoms with Crippen molar-refractivity contribution in [3.05, 3.63) is 24.3 Å². The van der Waals surface area contributed by atoms with E-state index in [1.165, 1.54) is 12.1 Å². The molecular weight excluding hydrogens is 416 g/mol. The molecule has 1 fully saturated rings. The van der Waals surface area contributed by atoms with Crippen LogP contribution < -0.4 is 14.8 Å². The maximum Gasteiger partial charge on any atom is 0.461 e. The van der Waals surface area contributed by atoms with Gasteiger partial charge in [0.15, 0.2) is 0 Å². The van der Waals surface area contributed by atoms with Gasteiger partial charge in [-0.1, -0.05) is 6.07 Å². The molecule has 11 heteroatoms. The summed E-state index contributed by atoms with van der Waals surface area (Å²) in [6, 6.07) is 4.60. The third-order valence-corrected chi connectivity index (χ3v) is 6.56. The lowest BCUT2D eigenvalue weighted by Crippen LogP contribution is -2.42. The highest BCUT2D eigenvalue weighted by molar-refractivity contribution is 7.90. The largest absolute Gasteiger partial charge is 0.461 e. The summed E-state index contributed by atoms with van der Waals surface area (Å²) >= 11 is 0. The molecule has 1 aromatic rings. The summed E-state index contributed by atoms with van der Waals surface area (Å²) in [6.45, 7) is 3.16. The molecule has 0 aliphatic heterocycles. The average Bonchev–Trinajstić information content (AvgIpc) is 2.61. The fourth-order valence-electron chi connectivity index (χ4n) is 2.93. The van der Waals surface area contributed by atoms with Crippen molar-refractivity contribution in [1.29, 1.82) is 0 Å². The first-order valence-electron chi connectivity index (χ1n) is 9.18. The van der Waals surface area contributed by atoms with Crippen LogP contribution in [0.2, 0.25) is 0 Å². The standard InChI is InChI=1S/C18H24F4N2O4S/c1-11(2)29(26,27)24-13-8-6-12(7-9-13)16(25)23-14-4-3-5-15(10-14)28-18(21,22)17(19)20/h3-5,10-13,17,24H,6-9H2,1-2H3,(H,23,25). The lowest BCUT2D eigenvalue weighted by atomic mass is 9.86. The molecule has 1 aromatic carbocycles. The van der Waals surface area contributed by atoms with E-state index in [-0.39, 0.29) is 23.6 Å². The lowest BCUT2D eigenvalue weighted by Gasteiger charge is -2.28. The van der Waals surface area contributed by atoms with Gasteiger partial charge in [0.25, 0.3) is 0 Å². The van der Waals surface area contributed by atoms with Crippen LogP contribution in [0.25, 0.3) is 0 Å². The normalized spacial score (nSPS) is 20.7. The van der Waals surface area contributed by atoms with E-state index in [9.17, 15) is 30.8 Å². The zero-order valence-electron chi connectivity index (χ0n) is 16.0. The van der Waals surface area contributed by atoms with E-state index in [2.05, 4.69) is 14.8 Å². The highest BCUT2D eigenvalue weighted by atomic mass is 32.2. The minimum absolute atomic E-state index is 0.139. The summed E-state index contributed by atoms with van der Waals surface area (Å²) < 4.78 is 81.0. The van der Waals surface area contributed by atoms with Crippen LogP contribution in [0.4, 0.5) is 23.2 Å². The second-order valence-corrected chi connectivity index (χ2v) is 9.51. The van der Waals surface area contributed by atoms with Gasteiger partial charge in [-0.25, -0.2) is 13.1 Å². The van der Waals surface area contributed by atoms with Crippen molar-refractivity contribution in [2.75, 3.05) is 5.32 Å². The number of hydrogen-bond donors (Lipinski definition) is 2. The minimum Gasteiger partial charge on any atom is -0.428 e. The zero-order valence-corrected chi connectivity index (χ0v) is 16.8. The van der Waals surface area contributed by atoms with Gasteiger partial charge in [0.1, 0.15) is 5.75 Å². The smallest absolute Gasteiger partial charge is 0.428 e. The first-order valence-corrected chi connectivity index (χ1v) is 10.7. The topological polar surface area (TPSA) is 84.5 Å². The second-order valence-electron chi connectivity index (χ2n) is 7.24. The van der Waals surface area contributed by atoms with E-state index < -0.39 is 33.6 Å². The zero-order chi connectivity index (χ0) is 21.8. The molecule has 6 nitrogen and oxygen atoms in total. The third kappa shape index (κ3) is 6.56. The first-order chi connectivity index (χ1) is 13.4. The molecule has 0 bridgehead atoms. The number of benzene rings is 1. The van der Waals surface area contributed by atoms with Gasteiger partial charge in [-0.05, 0) is 51.7 Å². The number of amides is 1. The van der Waals surface area contributed by atoms with E-state index in [0.29, 0.717) is 25.7 Å². The van der Waals surface area contributed by atoms with Gasteiger partial charge < -0.3 is 10.1 Å². The first kappa shape index (κ1) is 23.4. The molecule has 1 amide bonds. The molecule has 0 atom stereocenters. The van der Waals surface area contributed by atoms with Crippen LogP contribution in [0.3, 0.4) is 0 Å². The van der Waals surface area contributed by atoms with Crippen LogP contribution in [0.1, 0.15) is 39.5 Å². The Morgan fingerprint density at radius 2 is 1.79 bits per heavy atom. The summed E-state index contributed by atoms with van der Waals surface area (Å²) in [5.74, 6) is -1.23. The summed E-state index contributed by atoms with van der Waals surface area (Å²) in [6.07, 6.45) is -6.72. The number of hydrogen-bond acceptors (Lipinski definition) is 4. The fraction of sp³-hybridized carbons (Fsp3) is 0.611. The Morgan fingerprint density at radius 3 is 2.34 bits per heavy atom. The molecule has 1 aliphatic rings. The summed E-state index contributed by atoms with van der Waals surface area (Å²) in [5.41, 5.74) is 0.139. The van der Waals surface area contributed by atoms with E-state index >= 15 is 0 Å². The number of sulfonamides is 1. The Hall–Kier alpha value is -1.88. The highest BCUT2D eigenvalue weighted by Crippen LogP contribution is 2.30. The van der Waals surface area contributed by atoms with Crippen molar-refractivity contribution in [3.8, 4) is 5.75 Å². The van der Waals surface area contributed by atoms with Crippen molar-refractivity contribution in [3.63, 3.8) is 0 Å². The Balaban J connectivity index is 1.91. The molecule has 1 saturated carbocycles. The van der Waals surface area contributed by atoms with Gasteiger partial charge in [0.2, 0.25) is 15.9 Å². The molecule has 0 saturated heterocycles. The molecule has 1 aliphatic carbocycles. The average molecular weight is 440 g/mol. The molecule has 0 unspecified atom stereocenters. The van der Waals surface area contributed by atoms with Crippen molar-refractivity contribution < 1.29 is 35.5 Å². The fourth-order valence-corrected chi connectivity index (χ4v) is 3.90. The third-order valence-electron chi connectivity index (χ3n) is 4.66. The predicted molar refractivity (Wildman–Crippen MR) is 99.6 cm³/mol. The Kier molecular flexibility index (Phi) is 7.50. The minimum atomic E-state index is -4.63. The number of halogens is 4. The number of ether oxygens (including phenoxy) is 1. The molecule has 164 valence electrons. The van der Waals surface area contributed by atoms with Gasteiger partial charge in [-0.2, -0.15) is 17.6 Å². The van der Waals surface area contributed by atoms with Crippen molar-refractivity contribution >= 4 is 21.6 Å². The summed E-state index contributed by atoms with van der Waals surface area (Å²) in [5, 5.41) is 2.01. The van der Waals surface area contributed by atoms with Gasteiger partial charge in [0.05, 0.1) is 5.25 Å². The number of carbonyl (C=O) groups is 1. The molecule has 2 rings (SSSR count). The number of alkyl halides is 4. The number of carbonyl (C=O) groups excluding carboxylic acids is 1. The van der Waals surface area contributed by atoms with Gasteiger partial charge >= 0.3 is 12.5 Å². The van der Waals surface area contributed by atoms with E-state index in [1.807, 2.05) is 0 Å². The van der Waals surface area contributed by atoms with Crippen LogP contribution in [0.15, 0.2) is 24.3 Å².